The molecule has 0 unspecified atom stereocenters. The topological polar surface area (TPSA) is 35.2 Å². The molecule has 0 saturated heterocycles. The van der Waals surface area contributed by atoms with Crippen LogP contribution < -0.4 is 10.5 Å². The van der Waals surface area contributed by atoms with E-state index in [0.29, 0.717) is 0 Å². The van der Waals surface area contributed by atoms with E-state index in [-0.39, 0.29) is 6.04 Å². The van der Waals surface area contributed by atoms with Crippen LogP contribution in [-0.4, -0.2) is 0 Å². The summed E-state index contributed by atoms with van der Waals surface area (Å²) in [6.07, 6.45) is 1.00. The Morgan fingerprint density at radius 1 is 1.21 bits per heavy atom. The van der Waals surface area contributed by atoms with Crippen molar-refractivity contribution in [2.24, 2.45) is 5.73 Å². The molecule has 1 atom stereocenters. The quantitative estimate of drug-likeness (QED) is 0.876. The normalized spacial score (nSPS) is 12.2. The Bertz CT molecular complexity index is 566. The Balaban J connectivity index is 2.23. The molecule has 0 saturated carbocycles. The molecule has 0 aromatic heterocycles. The molecule has 0 aliphatic heterocycles. The molecule has 0 bridgehead atoms. The van der Waals surface area contributed by atoms with Gasteiger partial charge in [-0.05, 0) is 64.7 Å². The van der Waals surface area contributed by atoms with Gasteiger partial charge in [0.05, 0.1) is 4.47 Å². The van der Waals surface area contributed by atoms with Crippen molar-refractivity contribution >= 4 is 15.9 Å². The summed E-state index contributed by atoms with van der Waals surface area (Å²) in [5, 5.41) is 0. The van der Waals surface area contributed by atoms with E-state index < -0.39 is 0 Å². The molecular weight excluding hydrogens is 302 g/mol. The first-order chi connectivity index (χ1) is 9.10. The first-order valence-electron chi connectivity index (χ1n) is 6.42. The van der Waals surface area contributed by atoms with E-state index in [0.717, 1.165) is 28.0 Å². The number of nitrogens with two attached hydrogens (primary N) is 1. The Morgan fingerprint density at radius 2 is 2.00 bits per heavy atom. The monoisotopic (exact) mass is 319 g/mol. The van der Waals surface area contributed by atoms with Crippen molar-refractivity contribution in [3.8, 4) is 11.5 Å². The van der Waals surface area contributed by atoms with Gasteiger partial charge in [-0.3, -0.25) is 0 Å². The summed E-state index contributed by atoms with van der Waals surface area (Å²) in [5.41, 5.74) is 8.21. The zero-order valence-electron chi connectivity index (χ0n) is 11.2. The number of ether oxygens (including phenoxy) is 1. The van der Waals surface area contributed by atoms with Crippen LogP contribution in [0.1, 0.15) is 31.0 Å². The van der Waals surface area contributed by atoms with Gasteiger partial charge in [-0.25, -0.2) is 0 Å². The van der Waals surface area contributed by atoms with Crippen LogP contribution in [-0.2, 0) is 6.42 Å². The van der Waals surface area contributed by atoms with Gasteiger partial charge in [-0.1, -0.05) is 25.1 Å². The number of hydrogen-bond donors (Lipinski definition) is 1. The fourth-order valence-corrected chi connectivity index (χ4v) is 2.32. The van der Waals surface area contributed by atoms with Crippen molar-refractivity contribution in [1.29, 1.82) is 0 Å². The van der Waals surface area contributed by atoms with Gasteiger partial charge < -0.3 is 10.5 Å². The van der Waals surface area contributed by atoms with Gasteiger partial charge in [0.2, 0.25) is 0 Å². The summed E-state index contributed by atoms with van der Waals surface area (Å²) in [7, 11) is 0. The average molecular weight is 320 g/mol. The van der Waals surface area contributed by atoms with Gasteiger partial charge in [0, 0.05) is 6.04 Å². The number of benzene rings is 2. The Kier molecular flexibility index (Phi) is 4.61. The van der Waals surface area contributed by atoms with Crippen molar-refractivity contribution in [3.63, 3.8) is 0 Å². The maximum Gasteiger partial charge on any atom is 0.141 e. The van der Waals surface area contributed by atoms with E-state index in [4.69, 9.17) is 10.5 Å². The molecule has 2 aromatic rings. The summed E-state index contributed by atoms with van der Waals surface area (Å²) in [5.74, 6) is 1.66. The zero-order chi connectivity index (χ0) is 13.8. The predicted molar refractivity (Wildman–Crippen MR) is 82.6 cm³/mol. The van der Waals surface area contributed by atoms with E-state index >= 15 is 0 Å². The van der Waals surface area contributed by atoms with Crippen LogP contribution in [0, 0.1) is 0 Å². The third-order valence-electron chi connectivity index (χ3n) is 3.02. The van der Waals surface area contributed by atoms with Crippen molar-refractivity contribution in [2.75, 3.05) is 0 Å². The first kappa shape index (κ1) is 14.1. The van der Waals surface area contributed by atoms with E-state index in [1.807, 2.05) is 37.3 Å². The third kappa shape index (κ3) is 3.58. The van der Waals surface area contributed by atoms with Gasteiger partial charge in [-0.15, -0.1) is 0 Å². The minimum absolute atomic E-state index is 0.0220. The lowest BCUT2D eigenvalue weighted by Gasteiger charge is -2.11. The maximum absolute atomic E-state index is 5.90. The molecule has 2 N–H and O–H groups in total. The SMILES string of the molecule is CCc1cccc(Oc2ccc([C@@H](C)N)cc2Br)c1. The van der Waals surface area contributed by atoms with Gasteiger partial charge in [-0.2, -0.15) is 0 Å². The van der Waals surface area contributed by atoms with Crippen LogP contribution in [0.4, 0.5) is 0 Å². The second-order valence-electron chi connectivity index (χ2n) is 4.58. The molecule has 0 aliphatic rings. The van der Waals surface area contributed by atoms with Crippen molar-refractivity contribution in [2.45, 2.75) is 26.3 Å². The number of hydrogen-bond acceptors (Lipinski definition) is 2. The molecule has 0 heterocycles. The molecular formula is C16H18BrNO. The van der Waals surface area contributed by atoms with Crippen molar-refractivity contribution < 1.29 is 4.74 Å². The van der Waals surface area contributed by atoms with Crippen LogP contribution >= 0.6 is 15.9 Å². The smallest absolute Gasteiger partial charge is 0.141 e. The fourth-order valence-electron chi connectivity index (χ4n) is 1.84. The number of rotatable bonds is 4. The summed E-state index contributed by atoms with van der Waals surface area (Å²) in [6.45, 7) is 4.10. The predicted octanol–water partition coefficient (Wildman–Crippen LogP) is 4.82. The molecule has 100 valence electrons. The third-order valence-corrected chi connectivity index (χ3v) is 3.64. The zero-order valence-corrected chi connectivity index (χ0v) is 12.8. The molecule has 2 aromatic carbocycles. The number of aryl methyl sites for hydroxylation is 1. The molecule has 0 amide bonds. The summed E-state index contributed by atoms with van der Waals surface area (Å²) in [4.78, 5) is 0. The van der Waals surface area contributed by atoms with E-state index in [2.05, 4.69) is 35.0 Å². The molecule has 0 fully saturated rings. The minimum atomic E-state index is 0.0220. The minimum Gasteiger partial charge on any atom is -0.456 e. The summed E-state index contributed by atoms with van der Waals surface area (Å²) in [6, 6.07) is 14.1. The lowest BCUT2D eigenvalue weighted by molar-refractivity contribution is 0.478. The molecule has 0 spiro atoms. The maximum atomic E-state index is 5.90. The molecule has 2 rings (SSSR count). The lowest BCUT2D eigenvalue weighted by Crippen LogP contribution is -2.04. The van der Waals surface area contributed by atoms with Gasteiger partial charge >= 0.3 is 0 Å². The summed E-state index contributed by atoms with van der Waals surface area (Å²) < 4.78 is 6.82. The van der Waals surface area contributed by atoms with Crippen LogP contribution in [0.2, 0.25) is 0 Å². The standard InChI is InChI=1S/C16H18BrNO/c1-3-12-5-4-6-14(9-12)19-16-8-7-13(11(2)18)10-15(16)17/h4-11H,3,18H2,1-2H3/t11-/m1/s1. The highest BCUT2D eigenvalue weighted by atomic mass is 79.9. The molecule has 3 heteroatoms. The lowest BCUT2D eigenvalue weighted by atomic mass is 10.1. The fraction of sp³-hybridized carbons (Fsp3) is 0.250. The van der Waals surface area contributed by atoms with Crippen LogP contribution in [0.15, 0.2) is 46.9 Å². The van der Waals surface area contributed by atoms with Gasteiger partial charge in [0.1, 0.15) is 11.5 Å². The van der Waals surface area contributed by atoms with Gasteiger partial charge in [0.15, 0.2) is 0 Å². The molecule has 2 nitrogen and oxygen atoms in total. The van der Waals surface area contributed by atoms with Crippen molar-refractivity contribution in [1.82, 2.24) is 0 Å². The second kappa shape index (κ2) is 6.22. The highest BCUT2D eigenvalue weighted by Gasteiger charge is 2.06. The molecule has 19 heavy (non-hydrogen) atoms. The second-order valence-corrected chi connectivity index (χ2v) is 5.44. The van der Waals surface area contributed by atoms with Crippen LogP contribution in [0.5, 0.6) is 11.5 Å². The number of halogens is 1. The first-order valence-corrected chi connectivity index (χ1v) is 7.21. The molecule has 0 aliphatic carbocycles. The highest BCUT2D eigenvalue weighted by molar-refractivity contribution is 9.10. The van der Waals surface area contributed by atoms with Crippen LogP contribution in [0.3, 0.4) is 0 Å². The largest absolute Gasteiger partial charge is 0.456 e. The van der Waals surface area contributed by atoms with Crippen LogP contribution in [0.25, 0.3) is 0 Å². The van der Waals surface area contributed by atoms with Crippen molar-refractivity contribution in [3.05, 3.63) is 58.1 Å². The van der Waals surface area contributed by atoms with Gasteiger partial charge in [0.25, 0.3) is 0 Å². The Hall–Kier alpha value is -1.32. The Morgan fingerprint density at radius 3 is 2.63 bits per heavy atom. The summed E-state index contributed by atoms with van der Waals surface area (Å²) >= 11 is 3.53. The van der Waals surface area contributed by atoms with E-state index in [9.17, 15) is 0 Å². The molecule has 0 radical (unpaired) electrons. The highest BCUT2D eigenvalue weighted by Crippen LogP contribution is 2.32. The van der Waals surface area contributed by atoms with E-state index in [1.54, 1.807) is 0 Å². The Labute approximate surface area is 122 Å². The van der Waals surface area contributed by atoms with E-state index in [1.165, 1.54) is 5.56 Å². The average Bonchev–Trinajstić information content (AvgIpc) is 2.41.